The van der Waals surface area contributed by atoms with Gasteiger partial charge in [0.05, 0.1) is 13.3 Å². The lowest BCUT2D eigenvalue weighted by molar-refractivity contribution is 0.415. The molecule has 1 N–H and O–H groups in total. The fraction of sp³-hybridized carbons (Fsp3) is 0.118. The van der Waals surface area contributed by atoms with Crippen molar-refractivity contribution in [3.8, 4) is 17.1 Å². The summed E-state index contributed by atoms with van der Waals surface area (Å²) in [5, 5.41) is 11.5. The van der Waals surface area contributed by atoms with Crippen LogP contribution in [0, 0.1) is 11.7 Å². The molecule has 23 heavy (non-hydrogen) atoms. The smallest absolute Gasteiger partial charge is 0.216 e. The molecule has 0 amide bonds. The standard InChI is InChI=1S/C17H16N4OS/c1-12-5-3-7-14(9-12)16-19-20-17(23)21(16)18-11-13-6-4-8-15(10-13)22-2/h3-11H,1-2H3,(H,20,23)/b18-11-. The average molecular weight is 324 g/mol. The fourth-order valence-corrected chi connectivity index (χ4v) is 2.40. The van der Waals surface area contributed by atoms with Crippen molar-refractivity contribution in [2.24, 2.45) is 5.10 Å². The molecular formula is C17H16N4OS. The van der Waals surface area contributed by atoms with Crippen molar-refractivity contribution in [3.63, 3.8) is 0 Å². The molecule has 0 atom stereocenters. The summed E-state index contributed by atoms with van der Waals surface area (Å²) in [5.74, 6) is 1.46. The van der Waals surface area contributed by atoms with Crippen LogP contribution in [0.15, 0.2) is 53.6 Å². The average Bonchev–Trinajstić information content (AvgIpc) is 2.94. The lowest BCUT2D eigenvalue weighted by atomic mass is 10.1. The van der Waals surface area contributed by atoms with E-state index in [1.165, 1.54) is 0 Å². The molecule has 3 rings (SSSR count). The number of hydrogen-bond donors (Lipinski definition) is 1. The number of hydrogen-bond acceptors (Lipinski definition) is 4. The maximum Gasteiger partial charge on any atom is 0.216 e. The maximum absolute atomic E-state index is 5.28. The van der Waals surface area contributed by atoms with Crippen LogP contribution in [0.2, 0.25) is 0 Å². The zero-order valence-electron chi connectivity index (χ0n) is 12.9. The summed E-state index contributed by atoms with van der Waals surface area (Å²) in [6.07, 6.45) is 1.73. The Morgan fingerprint density at radius 2 is 2.04 bits per heavy atom. The van der Waals surface area contributed by atoms with Gasteiger partial charge in [-0.15, -0.1) is 0 Å². The molecule has 0 saturated heterocycles. The summed E-state index contributed by atoms with van der Waals surface area (Å²) >= 11 is 5.28. The maximum atomic E-state index is 5.28. The number of nitrogens with one attached hydrogen (secondary N) is 1. The summed E-state index contributed by atoms with van der Waals surface area (Å²) in [7, 11) is 1.64. The van der Waals surface area contributed by atoms with Gasteiger partial charge in [-0.05, 0) is 42.9 Å². The SMILES string of the molecule is COc1cccc(/C=N\n2c(-c3cccc(C)c3)n[nH]c2=S)c1. The highest BCUT2D eigenvalue weighted by Crippen LogP contribution is 2.18. The minimum Gasteiger partial charge on any atom is -0.497 e. The molecule has 6 heteroatoms. The zero-order chi connectivity index (χ0) is 16.2. The lowest BCUT2D eigenvalue weighted by Gasteiger charge is -2.03. The van der Waals surface area contributed by atoms with Crippen LogP contribution >= 0.6 is 12.2 Å². The topological polar surface area (TPSA) is 55.2 Å². The molecule has 0 radical (unpaired) electrons. The van der Waals surface area contributed by atoms with Crippen molar-refractivity contribution in [3.05, 3.63) is 64.4 Å². The van der Waals surface area contributed by atoms with Gasteiger partial charge in [-0.2, -0.15) is 14.9 Å². The van der Waals surface area contributed by atoms with E-state index in [0.717, 1.165) is 22.4 Å². The Bertz CT molecular complexity index is 911. The Hall–Kier alpha value is -2.73. The molecule has 1 aromatic heterocycles. The van der Waals surface area contributed by atoms with Crippen LogP contribution in [0.3, 0.4) is 0 Å². The van der Waals surface area contributed by atoms with Gasteiger partial charge in [0.1, 0.15) is 5.75 Å². The second kappa shape index (κ2) is 6.58. The highest BCUT2D eigenvalue weighted by atomic mass is 32.1. The van der Waals surface area contributed by atoms with Gasteiger partial charge in [-0.3, -0.25) is 0 Å². The number of nitrogens with zero attached hydrogens (tertiary/aromatic N) is 3. The third-order valence-corrected chi connectivity index (χ3v) is 3.61. The summed E-state index contributed by atoms with van der Waals surface area (Å²) < 4.78 is 7.27. The number of H-pyrrole nitrogens is 1. The molecule has 116 valence electrons. The van der Waals surface area contributed by atoms with Crippen molar-refractivity contribution < 1.29 is 4.74 Å². The van der Waals surface area contributed by atoms with E-state index in [2.05, 4.69) is 15.3 Å². The Balaban J connectivity index is 1.99. The molecule has 0 aliphatic carbocycles. The molecule has 0 spiro atoms. The Kier molecular flexibility index (Phi) is 4.34. The fourth-order valence-electron chi connectivity index (χ4n) is 2.22. The Morgan fingerprint density at radius 3 is 2.83 bits per heavy atom. The molecule has 3 aromatic rings. The van der Waals surface area contributed by atoms with Crippen molar-refractivity contribution in [1.29, 1.82) is 0 Å². The number of methoxy groups -OCH3 is 1. The second-order valence-electron chi connectivity index (χ2n) is 5.05. The van der Waals surface area contributed by atoms with Crippen LogP contribution in [0.25, 0.3) is 11.4 Å². The molecular weight excluding hydrogens is 308 g/mol. The first-order chi connectivity index (χ1) is 11.2. The van der Waals surface area contributed by atoms with E-state index in [-0.39, 0.29) is 0 Å². The van der Waals surface area contributed by atoms with Crippen molar-refractivity contribution in [2.45, 2.75) is 6.92 Å². The Labute approximate surface area is 139 Å². The van der Waals surface area contributed by atoms with Crippen LogP contribution in [0.4, 0.5) is 0 Å². The van der Waals surface area contributed by atoms with Gasteiger partial charge in [-0.1, -0.05) is 35.9 Å². The summed E-state index contributed by atoms with van der Waals surface area (Å²) in [6.45, 7) is 2.04. The number of aryl methyl sites for hydroxylation is 1. The predicted octanol–water partition coefficient (Wildman–Crippen LogP) is 3.81. The predicted molar refractivity (Wildman–Crippen MR) is 93.6 cm³/mol. The first-order valence-electron chi connectivity index (χ1n) is 7.10. The van der Waals surface area contributed by atoms with E-state index >= 15 is 0 Å². The van der Waals surface area contributed by atoms with E-state index in [0.29, 0.717) is 10.6 Å². The third kappa shape index (κ3) is 3.37. The van der Waals surface area contributed by atoms with Crippen LogP contribution in [0.5, 0.6) is 5.75 Å². The van der Waals surface area contributed by atoms with E-state index in [1.807, 2.05) is 55.5 Å². The second-order valence-corrected chi connectivity index (χ2v) is 5.44. The highest BCUT2D eigenvalue weighted by Gasteiger charge is 2.08. The molecule has 0 saturated carbocycles. The van der Waals surface area contributed by atoms with Gasteiger partial charge in [0.15, 0.2) is 5.82 Å². The quantitative estimate of drug-likeness (QED) is 0.586. The van der Waals surface area contributed by atoms with E-state index in [9.17, 15) is 0 Å². The third-order valence-electron chi connectivity index (χ3n) is 3.34. The minimum absolute atomic E-state index is 0.445. The van der Waals surface area contributed by atoms with Crippen LogP contribution in [0.1, 0.15) is 11.1 Å². The van der Waals surface area contributed by atoms with Crippen LogP contribution in [-0.4, -0.2) is 28.2 Å². The summed E-state index contributed by atoms with van der Waals surface area (Å²) in [6, 6.07) is 15.7. The normalized spacial score (nSPS) is 11.0. The van der Waals surface area contributed by atoms with Crippen LogP contribution < -0.4 is 4.74 Å². The van der Waals surface area contributed by atoms with Gasteiger partial charge >= 0.3 is 0 Å². The number of rotatable bonds is 4. The van der Waals surface area contributed by atoms with E-state index < -0.39 is 0 Å². The molecule has 0 aliphatic heterocycles. The molecule has 0 aliphatic rings. The van der Waals surface area contributed by atoms with Gasteiger partial charge < -0.3 is 4.74 Å². The van der Waals surface area contributed by atoms with Crippen molar-refractivity contribution >= 4 is 18.4 Å². The monoisotopic (exact) mass is 324 g/mol. The van der Waals surface area contributed by atoms with Crippen molar-refractivity contribution in [2.75, 3.05) is 7.11 Å². The number of aromatic nitrogens is 3. The summed E-state index contributed by atoms with van der Waals surface area (Å²) in [5.41, 5.74) is 3.03. The summed E-state index contributed by atoms with van der Waals surface area (Å²) in [4.78, 5) is 0. The van der Waals surface area contributed by atoms with Gasteiger partial charge in [0.25, 0.3) is 0 Å². The zero-order valence-corrected chi connectivity index (χ0v) is 13.7. The van der Waals surface area contributed by atoms with Gasteiger partial charge in [0, 0.05) is 5.56 Å². The largest absolute Gasteiger partial charge is 0.497 e. The first-order valence-corrected chi connectivity index (χ1v) is 7.51. The molecule has 2 aromatic carbocycles. The van der Waals surface area contributed by atoms with Crippen molar-refractivity contribution in [1.82, 2.24) is 14.9 Å². The molecule has 0 fully saturated rings. The molecule has 0 bridgehead atoms. The number of ether oxygens (including phenoxy) is 1. The van der Waals surface area contributed by atoms with Gasteiger partial charge in [-0.25, -0.2) is 5.10 Å². The molecule has 5 nitrogen and oxygen atoms in total. The van der Waals surface area contributed by atoms with Crippen LogP contribution in [-0.2, 0) is 0 Å². The Morgan fingerprint density at radius 1 is 1.22 bits per heavy atom. The van der Waals surface area contributed by atoms with E-state index in [4.69, 9.17) is 17.0 Å². The van der Waals surface area contributed by atoms with Gasteiger partial charge in [0.2, 0.25) is 4.77 Å². The number of aromatic amines is 1. The highest BCUT2D eigenvalue weighted by molar-refractivity contribution is 7.71. The molecule has 1 heterocycles. The minimum atomic E-state index is 0.445. The first kappa shape index (κ1) is 15.2. The van der Waals surface area contributed by atoms with E-state index in [1.54, 1.807) is 18.0 Å². The lowest BCUT2D eigenvalue weighted by Crippen LogP contribution is -1.95. The molecule has 0 unspecified atom stereocenters. The number of benzene rings is 2.